The molecule has 120 valence electrons. The SMILES string of the molecule is CC(=O)NC1CCN(CC(=O)Nc2c(C)cccc2C)CC1. The van der Waals surface area contributed by atoms with E-state index in [4.69, 9.17) is 0 Å². The zero-order chi connectivity index (χ0) is 16.1. The number of piperidine rings is 1. The topological polar surface area (TPSA) is 61.4 Å². The summed E-state index contributed by atoms with van der Waals surface area (Å²) < 4.78 is 0. The van der Waals surface area contributed by atoms with Crippen LogP contribution in [-0.2, 0) is 9.59 Å². The summed E-state index contributed by atoms with van der Waals surface area (Å²) in [6, 6.07) is 6.24. The van der Waals surface area contributed by atoms with Gasteiger partial charge >= 0.3 is 0 Å². The highest BCUT2D eigenvalue weighted by molar-refractivity contribution is 5.93. The second-order valence-electron chi connectivity index (χ2n) is 6.07. The van der Waals surface area contributed by atoms with E-state index in [1.807, 2.05) is 32.0 Å². The van der Waals surface area contributed by atoms with E-state index in [2.05, 4.69) is 15.5 Å². The fraction of sp³-hybridized carbons (Fsp3) is 0.529. The first kappa shape index (κ1) is 16.5. The van der Waals surface area contributed by atoms with Crippen LogP contribution in [0.1, 0.15) is 30.9 Å². The van der Waals surface area contributed by atoms with Gasteiger partial charge in [0.2, 0.25) is 11.8 Å². The van der Waals surface area contributed by atoms with Gasteiger partial charge < -0.3 is 10.6 Å². The Hall–Kier alpha value is -1.88. The van der Waals surface area contributed by atoms with Crippen LogP contribution >= 0.6 is 0 Å². The van der Waals surface area contributed by atoms with Crippen molar-refractivity contribution in [1.29, 1.82) is 0 Å². The molecule has 1 aliphatic rings. The standard InChI is InChI=1S/C17H25N3O2/c1-12-5-4-6-13(2)17(12)19-16(22)11-20-9-7-15(8-10-20)18-14(3)21/h4-6,15H,7-11H2,1-3H3,(H,18,21)(H,19,22). The summed E-state index contributed by atoms with van der Waals surface area (Å²) in [5.41, 5.74) is 3.08. The van der Waals surface area contributed by atoms with Crippen molar-refractivity contribution in [2.45, 2.75) is 39.7 Å². The summed E-state index contributed by atoms with van der Waals surface area (Å²) in [6.07, 6.45) is 1.80. The minimum Gasteiger partial charge on any atom is -0.354 e. The number of hydrogen-bond acceptors (Lipinski definition) is 3. The molecule has 2 amide bonds. The summed E-state index contributed by atoms with van der Waals surface area (Å²) in [6.45, 7) is 7.63. The molecular weight excluding hydrogens is 278 g/mol. The van der Waals surface area contributed by atoms with Crippen LogP contribution in [0.4, 0.5) is 5.69 Å². The lowest BCUT2D eigenvalue weighted by Gasteiger charge is -2.31. The summed E-state index contributed by atoms with van der Waals surface area (Å²) >= 11 is 0. The number of para-hydroxylation sites is 1. The number of rotatable bonds is 4. The van der Waals surface area contributed by atoms with Gasteiger partial charge in [-0.15, -0.1) is 0 Å². The number of carbonyl (C=O) groups is 2. The quantitative estimate of drug-likeness (QED) is 0.892. The van der Waals surface area contributed by atoms with Gasteiger partial charge in [0, 0.05) is 31.7 Å². The first-order valence-corrected chi connectivity index (χ1v) is 7.81. The zero-order valence-corrected chi connectivity index (χ0v) is 13.6. The number of hydrogen-bond donors (Lipinski definition) is 2. The molecule has 0 spiro atoms. The number of amides is 2. The first-order chi connectivity index (χ1) is 10.5. The maximum Gasteiger partial charge on any atom is 0.238 e. The highest BCUT2D eigenvalue weighted by Gasteiger charge is 2.21. The van der Waals surface area contributed by atoms with Crippen LogP contribution < -0.4 is 10.6 Å². The van der Waals surface area contributed by atoms with E-state index in [0.717, 1.165) is 42.7 Å². The third-order valence-corrected chi connectivity index (χ3v) is 4.11. The second kappa shape index (κ2) is 7.40. The number of benzene rings is 1. The predicted octanol–water partition coefficient (Wildman–Crippen LogP) is 1.84. The van der Waals surface area contributed by atoms with Gasteiger partial charge in [0.15, 0.2) is 0 Å². The molecule has 0 aliphatic carbocycles. The molecule has 0 saturated carbocycles. The van der Waals surface area contributed by atoms with E-state index < -0.39 is 0 Å². The summed E-state index contributed by atoms with van der Waals surface area (Å²) in [5.74, 6) is 0.0431. The van der Waals surface area contributed by atoms with Crippen LogP contribution in [0.5, 0.6) is 0 Å². The van der Waals surface area contributed by atoms with Gasteiger partial charge in [-0.1, -0.05) is 18.2 Å². The average Bonchev–Trinajstić information content (AvgIpc) is 2.45. The van der Waals surface area contributed by atoms with Crippen LogP contribution in [0.15, 0.2) is 18.2 Å². The van der Waals surface area contributed by atoms with Crippen LogP contribution in [0.25, 0.3) is 0 Å². The lowest BCUT2D eigenvalue weighted by molar-refractivity contribution is -0.121. The van der Waals surface area contributed by atoms with Crippen molar-refractivity contribution >= 4 is 17.5 Å². The van der Waals surface area contributed by atoms with Crippen molar-refractivity contribution in [3.63, 3.8) is 0 Å². The molecule has 1 fully saturated rings. The Morgan fingerprint density at radius 2 is 1.77 bits per heavy atom. The van der Waals surface area contributed by atoms with E-state index in [0.29, 0.717) is 6.54 Å². The molecule has 0 atom stereocenters. The third-order valence-electron chi connectivity index (χ3n) is 4.11. The van der Waals surface area contributed by atoms with E-state index in [9.17, 15) is 9.59 Å². The molecule has 5 heteroatoms. The van der Waals surface area contributed by atoms with Crippen LogP contribution in [-0.4, -0.2) is 42.4 Å². The Kier molecular flexibility index (Phi) is 5.55. The number of anilines is 1. The van der Waals surface area contributed by atoms with Gasteiger partial charge in [0.05, 0.1) is 6.54 Å². The molecule has 5 nitrogen and oxygen atoms in total. The van der Waals surface area contributed by atoms with E-state index in [-0.39, 0.29) is 17.9 Å². The Balaban J connectivity index is 1.82. The fourth-order valence-electron chi connectivity index (χ4n) is 2.92. The molecule has 0 aromatic heterocycles. The van der Waals surface area contributed by atoms with Gasteiger partial charge in [-0.05, 0) is 37.8 Å². The van der Waals surface area contributed by atoms with E-state index >= 15 is 0 Å². The molecule has 1 saturated heterocycles. The Morgan fingerprint density at radius 1 is 1.18 bits per heavy atom. The predicted molar refractivity (Wildman–Crippen MR) is 87.8 cm³/mol. The maximum atomic E-state index is 12.2. The number of carbonyl (C=O) groups excluding carboxylic acids is 2. The normalized spacial score (nSPS) is 16.3. The molecule has 2 rings (SSSR count). The monoisotopic (exact) mass is 303 g/mol. The van der Waals surface area contributed by atoms with Gasteiger partial charge in [0.1, 0.15) is 0 Å². The van der Waals surface area contributed by atoms with Gasteiger partial charge in [0.25, 0.3) is 0 Å². The summed E-state index contributed by atoms with van der Waals surface area (Å²) in [7, 11) is 0. The minimum absolute atomic E-state index is 0.0196. The lowest BCUT2D eigenvalue weighted by Crippen LogP contribution is -2.46. The largest absolute Gasteiger partial charge is 0.354 e. The third kappa shape index (κ3) is 4.56. The van der Waals surface area contributed by atoms with Crippen LogP contribution in [0.3, 0.4) is 0 Å². The molecule has 1 aromatic carbocycles. The maximum absolute atomic E-state index is 12.2. The van der Waals surface area contributed by atoms with Gasteiger partial charge in [-0.25, -0.2) is 0 Å². The van der Waals surface area contributed by atoms with E-state index in [1.165, 1.54) is 0 Å². The van der Waals surface area contributed by atoms with Crippen LogP contribution in [0.2, 0.25) is 0 Å². The molecule has 1 aliphatic heterocycles. The Bertz CT molecular complexity index is 529. The highest BCUT2D eigenvalue weighted by atomic mass is 16.2. The van der Waals surface area contributed by atoms with Crippen molar-refractivity contribution in [3.8, 4) is 0 Å². The Morgan fingerprint density at radius 3 is 2.32 bits per heavy atom. The summed E-state index contributed by atoms with van der Waals surface area (Å²) in [4.78, 5) is 25.4. The van der Waals surface area contributed by atoms with Crippen molar-refractivity contribution in [2.24, 2.45) is 0 Å². The number of aryl methyl sites for hydroxylation is 2. The molecule has 1 aromatic rings. The van der Waals surface area contributed by atoms with Crippen molar-refractivity contribution in [3.05, 3.63) is 29.3 Å². The summed E-state index contributed by atoms with van der Waals surface area (Å²) in [5, 5.41) is 5.96. The molecule has 22 heavy (non-hydrogen) atoms. The highest BCUT2D eigenvalue weighted by Crippen LogP contribution is 2.19. The van der Waals surface area contributed by atoms with Crippen molar-refractivity contribution in [1.82, 2.24) is 10.2 Å². The average molecular weight is 303 g/mol. The number of nitrogens with zero attached hydrogens (tertiary/aromatic N) is 1. The van der Waals surface area contributed by atoms with Gasteiger partial charge in [-0.2, -0.15) is 0 Å². The van der Waals surface area contributed by atoms with Crippen molar-refractivity contribution < 1.29 is 9.59 Å². The molecule has 1 heterocycles. The number of nitrogens with one attached hydrogen (secondary N) is 2. The molecule has 0 bridgehead atoms. The smallest absolute Gasteiger partial charge is 0.238 e. The molecule has 2 N–H and O–H groups in total. The second-order valence-corrected chi connectivity index (χ2v) is 6.07. The van der Waals surface area contributed by atoms with Crippen molar-refractivity contribution in [2.75, 3.05) is 25.0 Å². The number of likely N-dealkylation sites (tertiary alicyclic amines) is 1. The molecule has 0 unspecified atom stereocenters. The molecular formula is C17H25N3O2. The van der Waals surface area contributed by atoms with E-state index in [1.54, 1.807) is 6.92 Å². The molecule has 0 radical (unpaired) electrons. The van der Waals surface area contributed by atoms with Crippen LogP contribution in [0, 0.1) is 13.8 Å². The fourth-order valence-corrected chi connectivity index (χ4v) is 2.92. The Labute approximate surface area is 132 Å². The lowest BCUT2D eigenvalue weighted by atomic mass is 10.0. The van der Waals surface area contributed by atoms with Gasteiger partial charge in [-0.3, -0.25) is 14.5 Å². The first-order valence-electron chi connectivity index (χ1n) is 7.81. The zero-order valence-electron chi connectivity index (χ0n) is 13.6. The minimum atomic E-state index is 0.0196.